The van der Waals surface area contributed by atoms with Gasteiger partial charge in [0, 0.05) is 17.6 Å². The molecule has 1 aliphatic carbocycles. The van der Waals surface area contributed by atoms with E-state index >= 15 is 0 Å². The van der Waals surface area contributed by atoms with Crippen LogP contribution in [0.2, 0.25) is 0 Å². The summed E-state index contributed by atoms with van der Waals surface area (Å²) in [5.41, 5.74) is 1.67. The van der Waals surface area contributed by atoms with Crippen LogP contribution in [0.5, 0.6) is 0 Å². The number of rotatable bonds is 5. The Morgan fingerprint density at radius 1 is 1.07 bits per heavy atom. The van der Waals surface area contributed by atoms with Crippen molar-refractivity contribution >= 4 is 23.4 Å². The molecule has 158 valence electrons. The van der Waals surface area contributed by atoms with E-state index in [9.17, 15) is 14.4 Å². The van der Waals surface area contributed by atoms with Crippen LogP contribution in [0.25, 0.3) is 0 Å². The van der Waals surface area contributed by atoms with Gasteiger partial charge in [-0.25, -0.2) is 0 Å². The van der Waals surface area contributed by atoms with Gasteiger partial charge in [-0.1, -0.05) is 18.2 Å². The lowest BCUT2D eigenvalue weighted by atomic mass is 9.85. The molecule has 3 amide bonds. The van der Waals surface area contributed by atoms with Crippen molar-refractivity contribution in [3.05, 3.63) is 53.5 Å². The maximum atomic E-state index is 12.8. The second-order valence-corrected chi connectivity index (χ2v) is 7.85. The van der Waals surface area contributed by atoms with Gasteiger partial charge < -0.3 is 25.5 Å². The Morgan fingerprint density at radius 3 is 2.57 bits per heavy atom. The Morgan fingerprint density at radius 2 is 1.83 bits per heavy atom. The van der Waals surface area contributed by atoms with Crippen molar-refractivity contribution in [3.63, 3.8) is 0 Å². The number of para-hydroxylation sites is 1. The van der Waals surface area contributed by atoms with Crippen LogP contribution in [0.1, 0.15) is 60.0 Å². The van der Waals surface area contributed by atoms with Crippen molar-refractivity contribution in [1.29, 1.82) is 0 Å². The monoisotopic (exact) mass is 411 g/mol. The van der Waals surface area contributed by atoms with Crippen molar-refractivity contribution in [2.45, 2.75) is 50.8 Å². The van der Waals surface area contributed by atoms with Gasteiger partial charge in [-0.3, -0.25) is 14.4 Å². The first-order valence-corrected chi connectivity index (χ1v) is 10.2. The number of carbonyl (C=O) groups is 3. The molecule has 8 nitrogen and oxygen atoms in total. The van der Waals surface area contributed by atoms with Crippen LogP contribution in [0.4, 0.5) is 5.69 Å². The van der Waals surface area contributed by atoms with E-state index < -0.39 is 0 Å². The minimum atomic E-state index is -0.320. The zero-order valence-electron chi connectivity index (χ0n) is 16.5. The molecule has 1 fully saturated rings. The minimum Gasteiger partial charge on any atom is -0.453 e. The Hall–Kier alpha value is -3.13. The smallest absolute Gasteiger partial charge is 0.287 e. The predicted octanol–water partition coefficient (Wildman–Crippen LogP) is 2.26. The lowest BCUT2D eigenvalue weighted by Crippen LogP contribution is -2.42. The first kappa shape index (κ1) is 20.2. The first-order chi connectivity index (χ1) is 14.5. The summed E-state index contributed by atoms with van der Waals surface area (Å²) in [6.07, 6.45) is 2.94. The van der Waals surface area contributed by atoms with Gasteiger partial charge in [0.05, 0.1) is 12.5 Å². The van der Waals surface area contributed by atoms with Crippen LogP contribution in [-0.2, 0) is 16.2 Å². The zero-order valence-corrected chi connectivity index (χ0v) is 16.5. The molecule has 0 radical (unpaired) electrons. The summed E-state index contributed by atoms with van der Waals surface area (Å²) in [5, 5.41) is 17.8. The Labute approximate surface area is 174 Å². The van der Waals surface area contributed by atoms with Crippen LogP contribution < -0.4 is 16.0 Å². The highest BCUT2D eigenvalue weighted by Crippen LogP contribution is 2.31. The lowest BCUT2D eigenvalue weighted by molar-refractivity contribution is -0.127. The molecular formula is C22H25N3O5. The van der Waals surface area contributed by atoms with E-state index in [0.29, 0.717) is 31.4 Å². The normalized spacial score (nSPS) is 23.2. The van der Waals surface area contributed by atoms with E-state index in [-0.39, 0.29) is 54.5 Å². The highest BCUT2D eigenvalue weighted by Gasteiger charge is 2.31. The summed E-state index contributed by atoms with van der Waals surface area (Å²) >= 11 is 0. The van der Waals surface area contributed by atoms with Crippen molar-refractivity contribution in [2.75, 3.05) is 5.32 Å². The largest absolute Gasteiger partial charge is 0.453 e. The Bertz CT molecular complexity index is 946. The standard InChI is InChI=1S/C22H25N3O5/c26-12-15-9-10-19(30-15)22(29)23-14-7-5-13(6-8-14)21(28)25-18-11-20(27)24-17-4-2-1-3-16(17)18/h1-4,9-10,13-14,18,26H,5-8,11-12H2,(H,23,29)(H,24,27)(H,25,28). The fourth-order valence-corrected chi connectivity index (χ4v) is 4.17. The number of hydrogen-bond acceptors (Lipinski definition) is 5. The number of nitrogens with one attached hydrogen (secondary N) is 3. The first-order valence-electron chi connectivity index (χ1n) is 10.2. The molecule has 0 spiro atoms. The number of furan rings is 1. The van der Waals surface area contributed by atoms with Crippen LogP contribution in [-0.4, -0.2) is 28.9 Å². The van der Waals surface area contributed by atoms with Crippen LogP contribution >= 0.6 is 0 Å². The van der Waals surface area contributed by atoms with E-state index in [2.05, 4.69) is 16.0 Å². The predicted molar refractivity (Wildman–Crippen MR) is 108 cm³/mol. The molecule has 2 heterocycles. The molecule has 4 rings (SSSR count). The number of anilines is 1. The molecule has 0 saturated heterocycles. The van der Waals surface area contributed by atoms with Crippen LogP contribution in [0.15, 0.2) is 40.8 Å². The Balaban J connectivity index is 1.29. The number of aliphatic hydroxyl groups excluding tert-OH is 1. The van der Waals surface area contributed by atoms with Crippen LogP contribution in [0.3, 0.4) is 0 Å². The van der Waals surface area contributed by atoms with Gasteiger partial charge in [0.2, 0.25) is 11.8 Å². The van der Waals surface area contributed by atoms with Gasteiger partial charge in [-0.2, -0.15) is 0 Å². The highest BCUT2D eigenvalue weighted by molar-refractivity contribution is 5.95. The quantitative estimate of drug-likeness (QED) is 0.601. The molecule has 2 aromatic rings. The van der Waals surface area contributed by atoms with Gasteiger partial charge in [-0.15, -0.1) is 0 Å². The molecule has 1 aromatic carbocycles. The van der Waals surface area contributed by atoms with Gasteiger partial charge in [0.25, 0.3) is 5.91 Å². The summed E-state index contributed by atoms with van der Waals surface area (Å²) < 4.78 is 5.26. The number of fused-ring (bicyclic) bond motifs is 1. The summed E-state index contributed by atoms with van der Waals surface area (Å²) in [7, 11) is 0. The molecule has 8 heteroatoms. The highest BCUT2D eigenvalue weighted by atomic mass is 16.4. The second-order valence-electron chi connectivity index (χ2n) is 7.85. The Kier molecular flexibility index (Phi) is 5.85. The van der Waals surface area contributed by atoms with E-state index in [4.69, 9.17) is 9.52 Å². The molecule has 4 N–H and O–H groups in total. The minimum absolute atomic E-state index is 0.0228. The van der Waals surface area contributed by atoms with Gasteiger partial charge in [-0.05, 0) is 49.4 Å². The van der Waals surface area contributed by atoms with Crippen molar-refractivity contribution < 1.29 is 23.9 Å². The fourth-order valence-electron chi connectivity index (χ4n) is 4.17. The molecule has 1 aliphatic heterocycles. The van der Waals surface area contributed by atoms with E-state index in [1.807, 2.05) is 24.3 Å². The SMILES string of the molecule is O=C1CC(NC(=O)C2CCC(NC(=O)c3ccc(CO)o3)CC2)c2ccccc2N1. The fraction of sp³-hybridized carbons (Fsp3) is 0.409. The molecule has 0 bridgehead atoms. The number of hydrogen-bond donors (Lipinski definition) is 4. The summed E-state index contributed by atoms with van der Waals surface area (Å²) in [4.78, 5) is 37.0. The summed E-state index contributed by atoms with van der Waals surface area (Å²) in [6.45, 7) is -0.249. The van der Waals surface area contributed by atoms with Crippen LogP contribution in [0, 0.1) is 5.92 Å². The number of amides is 3. The van der Waals surface area contributed by atoms with E-state index in [0.717, 1.165) is 11.3 Å². The summed E-state index contributed by atoms with van der Waals surface area (Å²) in [5.74, 6) is -0.0837. The topological polar surface area (TPSA) is 121 Å². The number of aliphatic hydroxyl groups is 1. The third kappa shape index (κ3) is 4.38. The molecular weight excluding hydrogens is 386 g/mol. The van der Waals surface area contributed by atoms with E-state index in [1.165, 1.54) is 6.07 Å². The van der Waals surface area contributed by atoms with E-state index in [1.54, 1.807) is 6.07 Å². The molecule has 2 aliphatic rings. The number of carbonyl (C=O) groups excluding carboxylic acids is 3. The molecule has 1 atom stereocenters. The van der Waals surface area contributed by atoms with Crippen molar-refractivity contribution in [3.8, 4) is 0 Å². The van der Waals surface area contributed by atoms with Crippen molar-refractivity contribution in [2.24, 2.45) is 5.92 Å². The zero-order chi connectivity index (χ0) is 21.1. The van der Waals surface area contributed by atoms with Gasteiger partial charge >= 0.3 is 0 Å². The molecule has 1 unspecified atom stereocenters. The third-order valence-electron chi connectivity index (χ3n) is 5.79. The molecule has 1 saturated carbocycles. The number of benzene rings is 1. The molecule has 30 heavy (non-hydrogen) atoms. The van der Waals surface area contributed by atoms with Crippen molar-refractivity contribution in [1.82, 2.24) is 10.6 Å². The molecule has 1 aromatic heterocycles. The van der Waals surface area contributed by atoms with Gasteiger partial charge in [0.1, 0.15) is 12.4 Å². The second kappa shape index (κ2) is 8.71. The maximum Gasteiger partial charge on any atom is 0.287 e. The average molecular weight is 411 g/mol. The van der Waals surface area contributed by atoms with Gasteiger partial charge in [0.15, 0.2) is 5.76 Å². The lowest BCUT2D eigenvalue weighted by Gasteiger charge is -2.31. The summed E-state index contributed by atoms with van der Waals surface area (Å²) in [6, 6.07) is 10.3. The third-order valence-corrected chi connectivity index (χ3v) is 5.79. The maximum absolute atomic E-state index is 12.8. The average Bonchev–Trinajstić information content (AvgIpc) is 3.23.